The van der Waals surface area contributed by atoms with E-state index in [0.717, 1.165) is 18.7 Å². The van der Waals surface area contributed by atoms with Gasteiger partial charge in [0.05, 0.1) is 6.42 Å². The lowest BCUT2D eigenvalue weighted by molar-refractivity contribution is -0.136. The molecule has 0 amide bonds. The van der Waals surface area contributed by atoms with Crippen LogP contribution >= 0.6 is 11.3 Å². The van der Waals surface area contributed by atoms with Gasteiger partial charge in [-0.05, 0) is 30.0 Å². The number of aliphatic carboxylic acids is 1. The summed E-state index contributed by atoms with van der Waals surface area (Å²) in [7, 11) is 0. The first-order valence-electron chi connectivity index (χ1n) is 6.30. The summed E-state index contributed by atoms with van der Waals surface area (Å²) < 4.78 is 0. The molecule has 0 radical (unpaired) electrons. The molecule has 0 fully saturated rings. The molecule has 2 aromatic rings. The van der Waals surface area contributed by atoms with Gasteiger partial charge in [-0.3, -0.25) is 4.79 Å². The number of anilines is 1. The minimum Gasteiger partial charge on any atom is -0.481 e. The second-order valence-corrected chi connectivity index (χ2v) is 5.33. The molecule has 0 aliphatic heterocycles. The first-order chi connectivity index (χ1) is 9.25. The average molecular weight is 275 g/mol. The number of rotatable bonds is 7. The standard InChI is InChI=1S/C15H17NO2S/c17-15(18)9-11-16(13-5-2-1-3-6-13)10-8-14-7-4-12-19-14/h1-7,12H,8-11H2,(H,17,18). The van der Waals surface area contributed by atoms with E-state index >= 15 is 0 Å². The summed E-state index contributed by atoms with van der Waals surface area (Å²) in [4.78, 5) is 14.2. The van der Waals surface area contributed by atoms with E-state index < -0.39 is 5.97 Å². The molecule has 0 aliphatic carbocycles. The topological polar surface area (TPSA) is 40.5 Å². The number of carboxylic acids is 1. The lowest BCUT2D eigenvalue weighted by Crippen LogP contribution is -2.28. The Hall–Kier alpha value is -1.81. The van der Waals surface area contributed by atoms with Crippen LogP contribution in [0.2, 0.25) is 0 Å². The molecule has 0 saturated heterocycles. The van der Waals surface area contributed by atoms with E-state index in [-0.39, 0.29) is 6.42 Å². The van der Waals surface area contributed by atoms with Crippen LogP contribution in [0, 0.1) is 0 Å². The second kappa shape index (κ2) is 6.95. The zero-order chi connectivity index (χ0) is 13.5. The summed E-state index contributed by atoms with van der Waals surface area (Å²) >= 11 is 1.74. The van der Waals surface area contributed by atoms with Crippen LogP contribution in [0.15, 0.2) is 47.8 Å². The lowest BCUT2D eigenvalue weighted by atomic mass is 10.2. The summed E-state index contributed by atoms with van der Waals surface area (Å²) in [5.41, 5.74) is 1.08. The fourth-order valence-corrected chi connectivity index (χ4v) is 2.64. The van der Waals surface area contributed by atoms with E-state index in [9.17, 15) is 4.79 Å². The van der Waals surface area contributed by atoms with E-state index in [1.165, 1.54) is 4.88 Å². The van der Waals surface area contributed by atoms with E-state index in [0.29, 0.717) is 6.54 Å². The molecule has 0 spiro atoms. The molecule has 1 N–H and O–H groups in total. The van der Waals surface area contributed by atoms with Crippen molar-refractivity contribution in [1.29, 1.82) is 0 Å². The molecule has 2 rings (SSSR count). The van der Waals surface area contributed by atoms with Gasteiger partial charge in [0.25, 0.3) is 0 Å². The van der Waals surface area contributed by atoms with Crippen molar-refractivity contribution in [3.63, 3.8) is 0 Å². The van der Waals surface area contributed by atoms with Crippen molar-refractivity contribution in [3.8, 4) is 0 Å². The fourth-order valence-electron chi connectivity index (χ4n) is 1.94. The maximum atomic E-state index is 10.7. The van der Waals surface area contributed by atoms with Crippen LogP contribution in [0.25, 0.3) is 0 Å². The van der Waals surface area contributed by atoms with E-state index in [2.05, 4.69) is 16.3 Å². The zero-order valence-electron chi connectivity index (χ0n) is 10.7. The molecule has 0 unspecified atom stereocenters. The molecule has 100 valence electrons. The Labute approximate surface area is 117 Å². The lowest BCUT2D eigenvalue weighted by Gasteiger charge is -2.24. The molecule has 1 aromatic carbocycles. The Balaban J connectivity index is 1.99. The van der Waals surface area contributed by atoms with E-state index in [4.69, 9.17) is 5.11 Å². The molecule has 0 aliphatic rings. The van der Waals surface area contributed by atoms with Gasteiger partial charge >= 0.3 is 5.97 Å². The zero-order valence-corrected chi connectivity index (χ0v) is 11.5. The van der Waals surface area contributed by atoms with Crippen LogP contribution in [0.1, 0.15) is 11.3 Å². The molecular formula is C15H17NO2S. The predicted molar refractivity (Wildman–Crippen MR) is 78.9 cm³/mol. The number of benzene rings is 1. The highest BCUT2D eigenvalue weighted by molar-refractivity contribution is 7.09. The highest BCUT2D eigenvalue weighted by atomic mass is 32.1. The van der Waals surface area contributed by atoms with Gasteiger partial charge in [-0.2, -0.15) is 0 Å². The van der Waals surface area contributed by atoms with Gasteiger partial charge in [0, 0.05) is 23.7 Å². The predicted octanol–water partition coefficient (Wildman–Crippen LogP) is 3.27. The minimum atomic E-state index is -0.753. The minimum absolute atomic E-state index is 0.166. The first-order valence-corrected chi connectivity index (χ1v) is 7.18. The molecule has 0 atom stereocenters. The monoisotopic (exact) mass is 275 g/mol. The van der Waals surface area contributed by atoms with Gasteiger partial charge in [0.1, 0.15) is 0 Å². The maximum absolute atomic E-state index is 10.7. The van der Waals surface area contributed by atoms with Crippen LogP contribution in [0.4, 0.5) is 5.69 Å². The molecule has 1 heterocycles. The molecule has 19 heavy (non-hydrogen) atoms. The van der Waals surface area contributed by atoms with Gasteiger partial charge in [-0.1, -0.05) is 24.3 Å². The number of carbonyl (C=O) groups is 1. The molecule has 0 saturated carbocycles. The third kappa shape index (κ3) is 4.41. The van der Waals surface area contributed by atoms with Gasteiger partial charge in [-0.15, -0.1) is 11.3 Å². The quantitative estimate of drug-likeness (QED) is 0.843. The summed E-state index contributed by atoms with van der Waals surface area (Å²) in [6, 6.07) is 14.1. The Morgan fingerprint density at radius 2 is 1.89 bits per heavy atom. The Morgan fingerprint density at radius 1 is 1.11 bits per heavy atom. The van der Waals surface area contributed by atoms with Crippen LogP contribution in [0.3, 0.4) is 0 Å². The largest absolute Gasteiger partial charge is 0.481 e. The number of hydrogen-bond donors (Lipinski definition) is 1. The Bertz CT molecular complexity index is 496. The number of para-hydroxylation sites is 1. The van der Waals surface area contributed by atoms with Gasteiger partial charge < -0.3 is 10.0 Å². The van der Waals surface area contributed by atoms with Crippen molar-refractivity contribution in [2.45, 2.75) is 12.8 Å². The molecule has 3 nitrogen and oxygen atoms in total. The number of thiophene rings is 1. The third-order valence-corrected chi connectivity index (χ3v) is 3.86. The summed E-state index contributed by atoms with van der Waals surface area (Å²) in [6.07, 6.45) is 1.12. The van der Waals surface area contributed by atoms with E-state index in [1.807, 2.05) is 36.4 Å². The average Bonchev–Trinajstić information content (AvgIpc) is 2.93. The highest BCUT2D eigenvalue weighted by Crippen LogP contribution is 2.16. The smallest absolute Gasteiger partial charge is 0.305 e. The Kier molecular flexibility index (Phi) is 4.98. The van der Waals surface area contributed by atoms with Crippen molar-refractivity contribution in [1.82, 2.24) is 0 Å². The SMILES string of the molecule is O=C(O)CCN(CCc1cccs1)c1ccccc1. The van der Waals surface area contributed by atoms with Crippen LogP contribution in [-0.2, 0) is 11.2 Å². The van der Waals surface area contributed by atoms with Crippen molar-refractivity contribution in [3.05, 3.63) is 52.7 Å². The van der Waals surface area contributed by atoms with Gasteiger partial charge in [-0.25, -0.2) is 0 Å². The van der Waals surface area contributed by atoms with Crippen molar-refractivity contribution in [2.75, 3.05) is 18.0 Å². The van der Waals surface area contributed by atoms with Crippen molar-refractivity contribution < 1.29 is 9.90 Å². The van der Waals surface area contributed by atoms with Gasteiger partial charge in [0.2, 0.25) is 0 Å². The summed E-state index contributed by atoms with van der Waals surface area (Å²) in [5, 5.41) is 10.9. The number of carboxylic acid groups (broad SMARTS) is 1. The number of nitrogens with zero attached hydrogens (tertiary/aromatic N) is 1. The normalized spacial score (nSPS) is 10.3. The maximum Gasteiger partial charge on any atom is 0.305 e. The van der Waals surface area contributed by atoms with Crippen LogP contribution in [0.5, 0.6) is 0 Å². The fraction of sp³-hybridized carbons (Fsp3) is 0.267. The van der Waals surface area contributed by atoms with Crippen molar-refractivity contribution in [2.24, 2.45) is 0 Å². The first kappa shape index (κ1) is 13.6. The summed E-state index contributed by atoms with van der Waals surface area (Å²) in [5.74, 6) is -0.753. The summed E-state index contributed by atoms with van der Waals surface area (Å²) in [6.45, 7) is 1.39. The van der Waals surface area contributed by atoms with Crippen LogP contribution in [-0.4, -0.2) is 24.2 Å². The van der Waals surface area contributed by atoms with E-state index in [1.54, 1.807) is 11.3 Å². The second-order valence-electron chi connectivity index (χ2n) is 4.30. The molecule has 1 aromatic heterocycles. The highest BCUT2D eigenvalue weighted by Gasteiger charge is 2.08. The van der Waals surface area contributed by atoms with Gasteiger partial charge in [0.15, 0.2) is 0 Å². The molecule has 4 heteroatoms. The molecular weight excluding hydrogens is 258 g/mol. The van der Waals surface area contributed by atoms with Crippen LogP contribution < -0.4 is 4.90 Å². The molecule has 0 bridgehead atoms. The number of hydrogen-bond acceptors (Lipinski definition) is 3. The Morgan fingerprint density at radius 3 is 2.53 bits per heavy atom. The van der Waals surface area contributed by atoms with Crippen molar-refractivity contribution >= 4 is 23.0 Å². The third-order valence-electron chi connectivity index (χ3n) is 2.93.